The second kappa shape index (κ2) is 16.2. The van der Waals surface area contributed by atoms with Crippen LogP contribution < -0.4 is 14.4 Å². The minimum Gasteiger partial charge on any atom is -0.495 e. The first-order chi connectivity index (χ1) is 22.4. The number of carbonyl (C=O) groups is 2. The van der Waals surface area contributed by atoms with Gasteiger partial charge in [-0.1, -0.05) is 90.3 Å². The molecule has 0 radical (unpaired) electrons. The number of rotatable bonds is 14. The summed E-state index contributed by atoms with van der Waals surface area (Å²) < 4.78 is 34.8. The highest BCUT2D eigenvalue weighted by Gasteiger charge is 2.35. The molecule has 0 aliphatic rings. The molecule has 11 heteroatoms. The number of nitrogens with one attached hydrogen (secondary N) is 1. The van der Waals surface area contributed by atoms with Crippen molar-refractivity contribution in [2.45, 2.75) is 57.1 Å². The fraction of sp³-hybridized carbons (Fsp3) is 0.278. The highest BCUT2D eigenvalue weighted by molar-refractivity contribution is 7.92. The van der Waals surface area contributed by atoms with Crippen molar-refractivity contribution in [3.63, 3.8) is 0 Å². The maximum atomic E-state index is 14.6. The van der Waals surface area contributed by atoms with Crippen LogP contribution in [0.4, 0.5) is 5.69 Å². The smallest absolute Gasteiger partial charge is 0.264 e. The average molecular weight is 697 g/mol. The van der Waals surface area contributed by atoms with Crippen molar-refractivity contribution in [3.05, 3.63) is 124 Å². The Hall–Kier alpha value is -4.05. The lowest BCUT2D eigenvalue weighted by Crippen LogP contribution is -2.54. The number of anilines is 1. The van der Waals surface area contributed by atoms with Crippen LogP contribution >= 0.6 is 23.2 Å². The Bertz CT molecular complexity index is 1770. The molecule has 2 atom stereocenters. The first kappa shape index (κ1) is 35.8. The van der Waals surface area contributed by atoms with E-state index in [9.17, 15) is 18.0 Å². The molecule has 0 saturated carbocycles. The van der Waals surface area contributed by atoms with Gasteiger partial charge >= 0.3 is 0 Å². The number of benzene rings is 4. The van der Waals surface area contributed by atoms with E-state index in [1.54, 1.807) is 42.5 Å². The number of hydrogen-bond donors (Lipinski definition) is 1. The monoisotopic (exact) mass is 695 g/mol. The Morgan fingerprint density at radius 2 is 1.55 bits per heavy atom. The van der Waals surface area contributed by atoms with Crippen molar-refractivity contribution in [1.29, 1.82) is 0 Å². The van der Waals surface area contributed by atoms with Crippen molar-refractivity contribution < 1.29 is 22.7 Å². The van der Waals surface area contributed by atoms with E-state index in [2.05, 4.69) is 5.32 Å². The van der Waals surface area contributed by atoms with E-state index in [0.29, 0.717) is 17.2 Å². The van der Waals surface area contributed by atoms with Gasteiger partial charge < -0.3 is 15.0 Å². The summed E-state index contributed by atoms with van der Waals surface area (Å²) in [4.78, 5) is 30.0. The summed E-state index contributed by atoms with van der Waals surface area (Å²) in [6, 6.07) is 26.2. The zero-order valence-corrected chi connectivity index (χ0v) is 29.1. The largest absolute Gasteiger partial charge is 0.495 e. The van der Waals surface area contributed by atoms with Gasteiger partial charge in [0.05, 0.1) is 22.7 Å². The minimum atomic E-state index is -4.27. The Kier molecular flexibility index (Phi) is 12.3. The van der Waals surface area contributed by atoms with Crippen LogP contribution in [0.1, 0.15) is 37.0 Å². The lowest BCUT2D eigenvalue weighted by Gasteiger charge is -2.34. The Morgan fingerprint density at radius 3 is 2.15 bits per heavy atom. The second-order valence-electron chi connectivity index (χ2n) is 11.3. The molecule has 0 saturated heterocycles. The van der Waals surface area contributed by atoms with Crippen molar-refractivity contribution in [1.82, 2.24) is 10.2 Å². The van der Waals surface area contributed by atoms with Crippen LogP contribution in [0.15, 0.2) is 102 Å². The van der Waals surface area contributed by atoms with E-state index in [1.165, 1.54) is 36.3 Å². The summed E-state index contributed by atoms with van der Waals surface area (Å²) >= 11 is 12.6. The SMILES string of the molecule is CC[C@@H](C)NC(=O)[C@H](Cc1ccccc1)N(Cc1ccc(Cl)cc1)C(=O)CN(c1ccc(OC)c(Cl)c1)S(=O)(=O)c1ccc(C)cc1. The van der Waals surface area contributed by atoms with Gasteiger partial charge in [-0.3, -0.25) is 13.9 Å². The molecule has 1 N–H and O–H groups in total. The minimum absolute atomic E-state index is 0.00226. The number of ether oxygens (including phenoxy) is 1. The van der Waals surface area contributed by atoms with Gasteiger partial charge in [0.25, 0.3) is 10.0 Å². The van der Waals surface area contributed by atoms with E-state index in [-0.39, 0.29) is 40.5 Å². The van der Waals surface area contributed by atoms with Gasteiger partial charge in [0.1, 0.15) is 18.3 Å². The van der Waals surface area contributed by atoms with Gasteiger partial charge in [-0.15, -0.1) is 0 Å². The van der Waals surface area contributed by atoms with Gasteiger partial charge in [0.2, 0.25) is 11.8 Å². The molecule has 0 bridgehead atoms. The molecule has 0 heterocycles. The van der Waals surface area contributed by atoms with Crippen molar-refractivity contribution >= 4 is 50.7 Å². The summed E-state index contributed by atoms with van der Waals surface area (Å²) in [5, 5.41) is 3.73. The van der Waals surface area contributed by atoms with E-state index in [1.807, 2.05) is 51.1 Å². The normalized spacial score (nSPS) is 12.6. The van der Waals surface area contributed by atoms with Crippen molar-refractivity contribution in [2.75, 3.05) is 18.0 Å². The molecule has 0 aromatic heterocycles. The maximum Gasteiger partial charge on any atom is 0.264 e. The number of sulfonamides is 1. The van der Waals surface area contributed by atoms with Gasteiger partial charge in [-0.2, -0.15) is 0 Å². The number of halogens is 2. The molecule has 0 aliphatic heterocycles. The fourth-order valence-corrected chi connectivity index (χ4v) is 6.74. The number of nitrogens with zero attached hydrogens (tertiary/aromatic N) is 2. The Balaban J connectivity index is 1.83. The molecular weight excluding hydrogens is 657 g/mol. The van der Waals surface area contributed by atoms with E-state index >= 15 is 0 Å². The molecule has 4 rings (SSSR count). The Morgan fingerprint density at radius 1 is 0.894 bits per heavy atom. The molecule has 248 valence electrons. The van der Waals surface area contributed by atoms with Crippen LogP contribution in [-0.4, -0.2) is 50.9 Å². The zero-order chi connectivity index (χ0) is 34.1. The number of carbonyl (C=O) groups excluding carboxylic acids is 2. The summed E-state index contributed by atoms with van der Waals surface area (Å²) in [6.07, 6.45) is 0.900. The standard InChI is InChI=1S/C36H39Cl2N3O5S/c1-5-26(3)39-36(43)33(21-27-9-7-6-8-10-27)40(23-28-13-15-29(37)16-14-28)35(42)24-41(30-17-20-34(46-4)32(38)22-30)47(44,45)31-18-11-25(2)12-19-31/h6-20,22,26,33H,5,21,23-24H2,1-4H3,(H,39,43)/t26-,33+/m1/s1. The quantitative estimate of drug-likeness (QED) is 0.152. The molecular formula is C36H39Cl2N3O5S. The van der Waals surface area contributed by atoms with Crippen LogP contribution in [0.5, 0.6) is 5.75 Å². The van der Waals surface area contributed by atoms with Crippen LogP contribution in [0.25, 0.3) is 0 Å². The molecule has 0 spiro atoms. The number of aryl methyl sites for hydroxylation is 1. The van der Waals surface area contributed by atoms with Crippen molar-refractivity contribution in [3.8, 4) is 5.75 Å². The van der Waals surface area contributed by atoms with Gasteiger partial charge in [-0.05, 0) is 73.9 Å². The van der Waals surface area contributed by atoms with Crippen LogP contribution in [0, 0.1) is 6.92 Å². The van der Waals surface area contributed by atoms with Gasteiger partial charge in [0.15, 0.2) is 0 Å². The number of amides is 2. The summed E-state index contributed by atoms with van der Waals surface area (Å²) in [5.41, 5.74) is 2.61. The molecule has 47 heavy (non-hydrogen) atoms. The fourth-order valence-electron chi connectivity index (χ4n) is 4.96. The molecule has 4 aromatic carbocycles. The summed E-state index contributed by atoms with van der Waals surface area (Å²) in [6.45, 7) is 5.14. The third-order valence-electron chi connectivity index (χ3n) is 7.85. The lowest BCUT2D eigenvalue weighted by molar-refractivity contribution is -0.140. The highest BCUT2D eigenvalue weighted by Crippen LogP contribution is 2.32. The summed E-state index contributed by atoms with van der Waals surface area (Å²) in [7, 11) is -2.82. The van der Waals surface area contributed by atoms with E-state index < -0.39 is 28.5 Å². The Labute approximate surface area is 287 Å². The van der Waals surface area contributed by atoms with Gasteiger partial charge in [-0.25, -0.2) is 8.42 Å². The lowest BCUT2D eigenvalue weighted by atomic mass is 10.0. The van der Waals surface area contributed by atoms with Gasteiger partial charge in [0, 0.05) is 24.0 Å². The molecule has 0 aliphatic carbocycles. The first-order valence-electron chi connectivity index (χ1n) is 15.2. The third kappa shape index (κ3) is 9.28. The van der Waals surface area contributed by atoms with E-state index in [0.717, 1.165) is 21.0 Å². The zero-order valence-electron chi connectivity index (χ0n) is 26.8. The van der Waals surface area contributed by atoms with Crippen LogP contribution in [0.2, 0.25) is 10.0 Å². The summed E-state index contributed by atoms with van der Waals surface area (Å²) in [5.74, 6) is -0.572. The highest BCUT2D eigenvalue weighted by atomic mass is 35.5. The third-order valence-corrected chi connectivity index (χ3v) is 10.2. The predicted octanol–water partition coefficient (Wildman–Crippen LogP) is 7.06. The topological polar surface area (TPSA) is 96.0 Å². The second-order valence-corrected chi connectivity index (χ2v) is 14.0. The average Bonchev–Trinajstić information content (AvgIpc) is 3.06. The van der Waals surface area contributed by atoms with E-state index in [4.69, 9.17) is 27.9 Å². The molecule has 4 aromatic rings. The molecule has 0 fully saturated rings. The molecule has 0 unspecified atom stereocenters. The first-order valence-corrected chi connectivity index (χ1v) is 17.4. The molecule has 8 nitrogen and oxygen atoms in total. The molecule has 2 amide bonds. The predicted molar refractivity (Wildman–Crippen MR) is 188 cm³/mol. The van der Waals surface area contributed by atoms with Crippen LogP contribution in [-0.2, 0) is 32.6 Å². The number of hydrogen-bond acceptors (Lipinski definition) is 5. The maximum absolute atomic E-state index is 14.6. The van der Waals surface area contributed by atoms with Crippen LogP contribution in [0.3, 0.4) is 0 Å². The number of methoxy groups -OCH3 is 1. The van der Waals surface area contributed by atoms with Crippen molar-refractivity contribution in [2.24, 2.45) is 0 Å².